The highest BCUT2D eigenvalue weighted by Gasteiger charge is 2.30. The lowest BCUT2D eigenvalue weighted by molar-refractivity contribution is -0.280. The highest BCUT2D eigenvalue weighted by Crippen LogP contribution is 2.48. The van der Waals surface area contributed by atoms with Gasteiger partial charge in [-0.25, -0.2) is 14.9 Å². The number of nitro groups is 1. The average Bonchev–Trinajstić information content (AvgIpc) is 3.42. The molecule has 0 heterocycles. The molecule has 1 amide bonds. The summed E-state index contributed by atoms with van der Waals surface area (Å²) in [6.45, 7) is 36.0. The number of carbonyl (C=O) groups is 2. The highest BCUT2D eigenvalue weighted by atomic mass is 33.1. The van der Waals surface area contributed by atoms with Crippen molar-refractivity contribution in [2.24, 2.45) is 0 Å². The van der Waals surface area contributed by atoms with Crippen LogP contribution in [-0.2, 0) is 9.53 Å². The molecule has 1 N–H and O–H groups in total. The third kappa shape index (κ3) is 13.3. The van der Waals surface area contributed by atoms with E-state index in [0.29, 0.717) is 27.7 Å². The first-order valence-electron chi connectivity index (χ1n) is 28.7. The number of nitrogens with zero attached hydrogens (tertiary/aromatic N) is 1. The zero-order chi connectivity index (χ0) is 58.4. The lowest BCUT2D eigenvalue weighted by Crippen LogP contribution is -2.43. The molecule has 9 heteroatoms. The molecule has 1 atom stereocenters. The van der Waals surface area contributed by atoms with Crippen molar-refractivity contribution in [2.75, 3.05) is 12.9 Å². The normalized spacial score (nSPS) is 12.3. The van der Waals surface area contributed by atoms with Crippen molar-refractivity contribution in [3.8, 4) is 66.8 Å². The van der Waals surface area contributed by atoms with Crippen molar-refractivity contribution in [1.82, 2.24) is 5.32 Å². The SMILES string of the molecule is COC(=O)[C@H](CSS[N+](=O)[O-])NC(=O)c1c(-c2cc(-c3c(C(C)C)cccc3C(C)C)cc(-c3c(C(C)C)cccc3C(C)C)c2)cccc1-c1cc(-c2c(C(C)C)cccc2C(C)C)cc(-c2c(C(C)C)cccc2C(C)C)c1. The van der Waals surface area contributed by atoms with Crippen LogP contribution in [-0.4, -0.2) is 35.1 Å². The van der Waals surface area contributed by atoms with Gasteiger partial charge in [0.15, 0.2) is 0 Å². The predicted octanol–water partition coefficient (Wildman–Crippen LogP) is 20.5. The Bertz CT molecular complexity index is 2920. The van der Waals surface area contributed by atoms with E-state index in [-0.39, 0.29) is 53.1 Å². The monoisotopic (exact) mass is 1110 g/mol. The third-order valence-electron chi connectivity index (χ3n) is 15.6. The summed E-state index contributed by atoms with van der Waals surface area (Å²) < 4.78 is 4.78. The van der Waals surface area contributed by atoms with Crippen molar-refractivity contribution in [3.05, 3.63) is 188 Å². The predicted molar refractivity (Wildman–Crippen MR) is 342 cm³/mol. The molecule has 7 aromatic carbocycles. The van der Waals surface area contributed by atoms with Crippen molar-refractivity contribution in [3.63, 3.8) is 0 Å². The molecule has 0 unspecified atom stereocenters. The molecule has 7 aromatic rings. The molecule has 420 valence electrons. The lowest BCUT2D eigenvalue weighted by Gasteiger charge is -2.25. The summed E-state index contributed by atoms with van der Waals surface area (Å²) in [5.41, 5.74) is 22.3. The van der Waals surface area contributed by atoms with Crippen LogP contribution >= 0.6 is 21.8 Å². The Morgan fingerprint density at radius 2 is 0.688 bits per heavy atom. The van der Waals surface area contributed by atoms with Crippen LogP contribution in [0.1, 0.15) is 213 Å². The second-order valence-electron chi connectivity index (χ2n) is 23.9. The molecule has 0 aliphatic heterocycles. The fourth-order valence-electron chi connectivity index (χ4n) is 11.6. The minimum atomic E-state index is -1.20. The van der Waals surface area contributed by atoms with Crippen LogP contribution in [0.2, 0.25) is 0 Å². The summed E-state index contributed by atoms with van der Waals surface area (Å²) in [4.78, 5) is 41.4. The summed E-state index contributed by atoms with van der Waals surface area (Å²) in [6.07, 6.45) is 0. The van der Waals surface area contributed by atoms with Gasteiger partial charge in [0.05, 0.1) is 12.7 Å². The highest BCUT2D eigenvalue weighted by molar-refractivity contribution is 8.74. The number of hydrogen-bond acceptors (Lipinski definition) is 7. The molecule has 7 rings (SSSR count). The Kier molecular flexibility index (Phi) is 20.2. The van der Waals surface area contributed by atoms with Gasteiger partial charge in [0.1, 0.15) is 10.4 Å². The summed E-state index contributed by atoms with van der Waals surface area (Å²) >= 11 is 0. The van der Waals surface area contributed by atoms with Crippen LogP contribution in [0.15, 0.2) is 127 Å². The Labute approximate surface area is 486 Å². The second kappa shape index (κ2) is 26.4. The Morgan fingerprint density at radius 1 is 0.438 bits per heavy atom. The van der Waals surface area contributed by atoms with E-state index in [2.05, 4.69) is 225 Å². The minimum absolute atomic E-state index is 0.0946. The van der Waals surface area contributed by atoms with Gasteiger partial charge in [-0.15, -0.1) is 0 Å². The number of carbonyl (C=O) groups excluding carboxylic acids is 2. The third-order valence-corrected chi connectivity index (χ3v) is 17.4. The molecule has 7 nitrogen and oxygen atoms in total. The maximum atomic E-state index is 16.1. The number of rotatable bonds is 21. The number of hydrogen-bond donors (Lipinski definition) is 1. The average molecular weight is 1110 g/mol. The van der Waals surface area contributed by atoms with Gasteiger partial charge in [-0.1, -0.05) is 202 Å². The van der Waals surface area contributed by atoms with Crippen molar-refractivity contribution < 1.29 is 18.7 Å². The Morgan fingerprint density at radius 3 is 0.925 bits per heavy atom. The minimum Gasteiger partial charge on any atom is -0.467 e. The van der Waals surface area contributed by atoms with Gasteiger partial charge in [0.25, 0.3) is 16.9 Å². The fraction of sp³-hybridized carbons (Fsp3) is 0.380. The maximum Gasteiger partial charge on any atom is 0.329 e. The largest absolute Gasteiger partial charge is 0.467 e. The van der Waals surface area contributed by atoms with Gasteiger partial charge in [-0.05, 0) is 206 Å². The number of ether oxygens (including phenoxy) is 1. The van der Waals surface area contributed by atoms with E-state index < -0.39 is 22.2 Å². The van der Waals surface area contributed by atoms with Gasteiger partial charge in [0, 0.05) is 5.75 Å². The molecule has 0 saturated heterocycles. The number of benzene rings is 7. The molecule has 80 heavy (non-hydrogen) atoms. The van der Waals surface area contributed by atoms with Crippen molar-refractivity contribution >= 4 is 33.7 Å². The van der Waals surface area contributed by atoms with E-state index in [9.17, 15) is 14.9 Å². The van der Waals surface area contributed by atoms with Gasteiger partial charge in [0.2, 0.25) is 0 Å². The summed E-state index contributed by atoms with van der Waals surface area (Å²) in [5, 5.41) is 14.7. The van der Waals surface area contributed by atoms with E-state index in [4.69, 9.17) is 4.74 Å². The molecule has 0 aliphatic rings. The van der Waals surface area contributed by atoms with Gasteiger partial charge < -0.3 is 10.1 Å². The molecular formula is C71H84N2O5S2. The van der Waals surface area contributed by atoms with E-state index in [0.717, 1.165) is 44.2 Å². The first kappa shape index (κ1) is 61.2. The van der Waals surface area contributed by atoms with Gasteiger partial charge in [-0.2, -0.15) is 0 Å². The molecule has 0 fully saturated rings. The number of esters is 1. The van der Waals surface area contributed by atoms with Gasteiger partial charge >= 0.3 is 5.97 Å². The fourth-order valence-corrected chi connectivity index (χ4v) is 13.0. The van der Waals surface area contributed by atoms with E-state index in [1.54, 1.807) is 0 Å². The zero-order valence-electron chi connectivity index (χ0n) is 50.3. The van der Waals surface area contributed by atoms with Crippen LogP contribution in [0.4, 0.5) is 0 Å². The van der Waals surface area contributed by atoms with Crippen molar-refractivity contribution in [2.45, 2.75) is 164 Å². The number of amides is 1. The van der Waals surface area contributed by atoms with Crippen LogP contribution in [0.5, 0.6) is 0 Å². The van der Waals surface area contributed by atoms with Crippen LogP contribution in [0.25, 0.3) is 66.8 Å². The standard InChI is InChI=1S/C71H84N2O5S2/c1-40(2)54-23-18-24-55(41(3)4)65(54)50-33-48(34-51(37-50)66-56(42(5)6)25-19-26-57(66)43(7)8)62-31-22-32-63(69(62)70(74)72-64(71(75)78-17)39-79-80-73(76)77)49-35-52(67-58(44(9)10)27-20-28-59(67)45(11)12)38-53(36-49)68-60(46(13)14)29-21-30-61(68)47(15)16/h18-38,40-47,64H,39H2,1-17H3,(H,72,74)/t64-/m0/s1. The smallest absolute Gasteiger partial charge is 0.329 e. The molecule has 0 aromatic heterocycles. The molecule has 0 bridgehead atoms. The first-order chi connectivity index (χ1) is 37.9. The van der Waals surface area contributed by atoms with Crippen LogP contribution in [0, 0.1) is 10.1 Å². The summed E-state index contributed by atoms with van der Waals surface area (Å²) in [5.74, 6) is 0.430. The molecule has 0 radical (unpaired) electrons. The van der Waals surface area contributed by atoms with E-state index in [1.807, 2.05) is 18.2 Å². The van der Waals surface area contributed by atoms with Gasteiger partial charge in [-0.3, -0.25) is 4.79 Å². The number of nitrogens with one attached hydrogen (secondary N) is 1. The van der Waals surface area contributed by atoms with Crippen molar-refractivity contribution in [1.29, 1.82) is 0 Å². The Hall–Kier alpha value is -6.42. The first-order valence-corrected chi connectivity index (χ1v) is 31.0. The lowest BCUT2D eigenvalue weighted by atomic mass is 9.79. The number of methoxy groups -OCH3 is 1. The quantitative estimate of drug-likeness (QED) is 0.0252. The van der Waals surface area contributed by atoms with Crippen LogP contribution < -0.4 is 5.32 Å². The molecule has 0 saturated carbocycles. The maximum absolute atomic E-state index is 16.1. The van der Waals surface area contributed by atoms with Crippen LogP contribution in [0.3, 0.4) is 0 Å². The molecule has 0 spiro atoms. The Balaban J connectivity index is 1.69. The zero-order valence-corrected chi connectivity index (χ0v) is 52.0. The second-order valence-corrected chi connectivity index (χ2v) is 26.1. The summed E-state index contributed by atoms with van der Waals surface area (Å²) in [7, 11) is 2.56. The van der Waals surface area contributed by atoms with E-state index >= 15 is 4.79 Å². The topological polar surface area (TPSA) is 98.5 Å². The molecular weight excluding hydrogens is 1020 g/mol. The summed E-state index contributed by atoms with van der Waals surface area (Å²) in [6, 6.07) is 45.3. The van der Waals surface area contributed by atoms with E-state index in [1.165, 1.54) is 73.9 Å². The molecule has 0 aliphatic carbocycles.